The monoisotopic (exact) mass is 330 g/mol. The summed E-state index contributed by atoms with van der Waals surface area (Å²) in [7, 11) is 0. The van der Waals surface area contributed by atoms with Crippen LogP contribution >= 0.6 is 0 Å². The van der Waals surface area contributed by atoms with Gasteiger partial charge in [0.05, 0.1) is 26.0 Å². The molecule has 23 heavy (non-hydrogen) atoms. The second-order valence-electron chi connectivity index (χ2n) is 4.93. The van der Waals surface area contributed by atoms with E-state index in [0.717, 1.165) is 0 Å². The summed E-state index contributed by atoms with van der Waals surface area (Å²) in [4.78, 5) is 11.7. The highest BCUT2D eigenvalue weighted by Gasteiger charge is 2.39. The lowest BCUT2D eigenvalue weighted by Crippen LogP contribution is -2.28. The molecular formula is C13H13F3N4O3. The van der Waals surface area contributed by atoms with Gasteiger partial charge < -0.3 is 14.6 Å². The number of hydrogen-bond acceptors (Lipinski definition) is 5. The van der Waals surface area contributed by atoms with Crippen LogP contribution in [-0.2, 0) is 30.5 Å². The van der Waals surface area contributed by atoms with Crippen LogP contribution in [0.1, 0.15) is 27.5 Å². The molecule has 1 aliphatic rings. The maximum atomic E-state index is 13.0. The van der Waals surface area contributed by atoms with E-state index in [9.17, 15) is 18.0 Å². The first-order valence-electron chi connectivity index (χ1n) is 6.89. The Morgan fingerprint density at radius 3 is 2.96 bits per heavy atom. The molecule has 1 aliphatic heterocycles. The molecule has 0 aromatic carbocycles. The number of hydrogen-bond donors (Lipinski definition) is 1. The van der Waals surface area contributed by atoms with Crippen molar-refractivity contribution in [1.29, 1.82) is 0 Å². The standard InChI is InChI=1S/C13H13F3N4O3/c14-13(15,16)11-8-7-22-6-2-9(8)20(19-11)5-4-17-12(21)10-1-3-18-23-10/h1,3H,2,4-7H2,(H,17,21). The minimum atomic E-state index is -4.53. The van der Waals surface area contributed by atoms with E-state index in [1.807, 2.05) is 0 Å². The largest absolute Gasteiger partial charge is 0.435 e. The van der Waals surface area contributed by atoms with E-state index < -0.39 is 17.8 Å². The lowest BCUT2D eigenvalue weighted by molar-refractivity contribution is -0.142. The van der Waals surface area contributed by atoms with Crippen molar-refractivity contribution in [3.8, 4) is 0 Å². The zero-order valence-corrected chi connectivity index (χ0v) is 11.9. The molecule has 0 radical (unpaired) electrons. The number of alkyl halides is 3. The maximum absolute atomic E-state index is 13.0. The highest BCUT2D eigenvalue weighted by molar-refractivity contribution is 5.91. The smallest absolute Gasteiger partial charge is 0.376 e. The minimum absolute atomic E-state index is 0.0388. The van der Waals surface area contributed by atoms with Crippen LogP contribution in [0.3, 0.4) is 0 Å². The molecule has 7 nitrogen and oxygen atoms in total. The molecule has 10 heteroatoms. The van der Waals surface area contributed by atoms with Gasteiger partial charge in [0.15, 0.2) is 5.69 Å². The third kappa shape index (κ3) is 3.21. The molecule has 0 atom stereocenters. The molecule has 0 saturated heterocycles. The average molecular weight is 330 g/mol. The summed E-state index contributed by atoms with van der Waals surface area (Å²) in [6.45, 7) is 0.485. The Balaban J connectivity index is 1.70. The number of rotatable bonds is 4. The molecule has 3 rings (SSSR count). The molecule has 0 fully saturated rings. The second-order valence-corrected chi connectivity index (χ2v) is 4.93. The number of halogens is 3. The highest BCUT2D eigenvalue weighted by atomic mass is 19.4. The Bertz CT molecular complexity index is 694. The van der Waals surface area contributed by atoms with Crippen LogP contribution in [-0.4, -0.2) is 34.0 Å². The summed E-state index contributed by atoms with van der Waals surface area (Å²) in [5.74, 6) is -0.445. The van der Waals surface area contributed by atoms with Gasteiger partial charge >= 0.3 is 6.18 Å². The van der Waals surface area contributed by atoms with Crippen molar-refractivity contribution in [3.63, 3.8) is 0 Å². The van der Waals surface area contributed by atoms with Crippen LogP contribution in [0.2, 0.25) is 0 Å². The van der Waals surface area contributed by atoms with Gasteiger partial charge in [-0.15, -0.1) is 0 Å². The summed E-state index contributed by atoms with van der Waals surface area (Å²) in [6, 6.07) is 1.39. The SMILES string of the molecule is O=C(NCCn1nc(C(F)(F)F)c2c1CCOC2)c1ccno1. The van der Waals surface area contributed by atoms with E-state index >= 15 is 0 Å². The first kappa shape index (κ1) is 15.5. The molecule has 124 valence electrons. The Kier molecular flexibility index (Phi) is 4.07. The Hall–Kier alpha value is -2.36. The van der Waals surface area contributed by atoms with Gasteiger partial charge in [-0.2, -0.15) is 18.3 Å². The molecule has 1 amide bonds. The van der Waals surface area contributed by atoms with Gasteiger partial charge in [-0.3, -0.25) is 9.48 Å². The molecule has 0 aliphatic carbocycles. The average Bonchev–Trinajstić information content (AvgIpc) is 3.14. The number of amides is 1. The van der Waals surface area contributed by atoms with Gasteiger partial charge in [-0.25, -0.2) is 0 Å². The van der Waals surface area contributed by atoms with Crippen molar-refractivity contribution in [2.24, 2.45) is 0 Å². The zero-order valence-electron chi connectivity index (χ0n) is 11.9. The maximum Gasteiger partial charge on any atom is 0.435 e. The van der Waals surface area contributed by atoms with Crippen molar-refractivity contribution < 1.29 is 27.2 Å². The summed E-state index contributed by atoms with van der Waals surface area (Å²) < 4.78 is 50.1. The van der Waals surface area contributed by atoms with E-state index in [2.05, 4.69) is 20.1 Å². The van der Waals surface area contributed by atoms with Gasteiger partial charge in [-0.05, 0) is 0 Å². The van der Waals surface area contributed by atoms with E-state index in [1.54, 1.807) is 0 Å². The zero-order chi connectivity index (χ0) is 16.4. The minimum Gasteiger partial charge on any atom is -0.376 e. The Morgan fingerprint density at radius 2 is 2.26 bits per heavy atom. The summed E-state index contributed by atoms with van der Waals surface area (Å²) in [6.07, 6.45) is -2.85. The molecule has 3 heterocycles. The fourth-order valence-corrected chi connectivity index (χ4v) is 2.42. The van der Waals surface area contributed by atoms with E-state index in [1.165, 1.54) is 16.9 Å². The van der Waals surface area contributed by atoms with E-state index in [4.69, 9.17) is 4.74 Å². The van der Waals surface area contributed by atoms with Crippen molar-refractivity contribution >= 4 is 5.91 Å². The quantitative estimate of drug-likeness (QED) is 0.916. The third-order valence-electron chi connectivity index (χ3n) is 3.44. The molecule has 0 unspecified atom stereocenters. The third-order valence-corrected chi connectivity index (χ3v) is 3.44. The molecule has 0 spiro atoms. The number of fused-ring (bicyclic) bond motifs is 1. The number of ether oxygens (including phenoxy) is 1. The van der Waals surface area contributed by atoms with E-state index in [0.29, 0.717) is 18.7 Å². The highest BCUT2D eigenvalue weighted by Crippen LogP contribution is 2.34. The number of nitrogens with zero attached hydrogens (tertiary/aromatic N) is 3. The van der Waals surface area contributed by atoms with Crippen LogP contribution in [0, 0.1) is 0 Å². The first-order chi connectivity index (χ1) is 11.0. The van der Waals surface area contributed by atoms with Gasteiger partial charge in [-0.1, -0.05) is 5.16 Å². The lowest BCUT2D eigenvalue weighted by Gasteiger charge is -2.15. The van der Waals surface area contributed by atoms with Crippen LogP contribution in [0.15, 0.2) is 16.8 Å². The topological polar surface area (TPSA) is 82.2 Å². The van der Waals surface area contributed by atoms with Crippen LogP contribution in [0.25, 0.3) is 0 Å². The predicted octanol–water partition coefficient (Wildman–Crippen LogP) is 1.39. The van der Waals surface area contributed by atoms with Gasteiger partial charge in [0.2, 0.25) is 5.76 Å². The Morgan fingerprint density at radius 1 is 1.43 bits per heavy atom. The first-order valence-corrected chi connectivity index (χ1v) is 6.89. The molecule has 1 N–H and O–H groups in total. The lowest BCUT2D eigenvalue weighted by atomic mass is 10.1. The van der Waals surface area contributed by atoms with Gasteiger partial charge in [0, 0.05) is 30.3 Å². The number of nitrogens with one attached hydrogen (secondary N) is 1. The van der Waals surface area contributed by atoms with Crippen LogP contribution in [0.5, 0.6) is 0 Å². The molecule has 0 saturated carbocycles. The fourth-order valence-electron chi connectivity index (χ4n) is 2.42. The van der Waals surface area contributed by atoms with Crippen LogP contribution in [0.4, 0.5) is 13.2 Å². The fraction of sp³-hybridized carbons (Fsp3) is 0.462. The van der Waals surface area contributed by atoms with E-state index in [-0.39, 0.29) is 31.0 Å². The number of carbonyl (C=O) groups excluding carboxylic acids is 1. The predicted molar refractivity (Wildman–Crippen MR) is 69.4 cm³/mol. The molecule has 0 bridgehead atoms. The van der Waals surface area contributed by atoms with Crippen molar-refractivity contribution in [2.75, 3.05) is 13.2 Å². The summed E-state index contributed by atoms with van der Waals surface area (Å²) in [5.41, 5.74) is -0.350. The molecule has 2 aromatic heterocycles. The van der Waals surface area contributed by atoms with Crippen molar-refractivity contribution in [1.82, 2.24) is 20.3 Å². The number of aromatic nitrogens is 3. The van der Waals surface area contributed by atoms with Gasteiger partial charge in [0.25, 0.3) is 5.91 Å². The second kappa shape index (κ2) is 6.03. The molecular weight excluding hydrogens is 317 g/mol. The Labute approximate surface area is 128 Å². The van der Waals surface area contributed by atoms with Crippen molar-refractivity contribution in [3.05, 3.63) is 35.0 Å². The van der Waals surface area contributed by atoms with Crippen LogP contribution < -0.4 is 5.32 Å². The summed E-state index contributed by atoms with van der Waals surface area (Å²) in [5, 5.41) is 9.59. The normalized spacial score (nSPS) is 14.6. The van der Waals surface area contributed by atoms with Crippen molar-refractivity contribution in [2.45, 2.75) is 25.7 Å². The summed E-state index contributed by atoms with van der Waals surface area (Å²) >= 11 is 0. The van der Waals surface area contributed by atoms with Gasteiger partial charge in [0.1, 0.15) is 0 Å². The molecule has 2 aromatic rings. The number of carbonyl (C=O) groups is 1.